The van der Waals surface area contributed by atoms with Gasteiger partial charge in [-0.05, 0) is 43.2 Å². The molecule has 1 saturated heterocycles. The lowest BCUT2D eigenvalue weighted by molar-refractivity contribution is 0.0697. The Morgan fingerprint density at radius 1 is 1.11 bits per heavy atom. The first kappa shape index (κ1) is 12.9. The first-order valence-corrected chi connectivity index (χ1v) is 7.33. The minimum Gasteiger partial charge on any atom is -0.496 e. The molecule has 1 N–H and O–H groups in total. The lowest BCUT2D eigenvalue weighted by Gasteiger charge is -2.40. The summed E-state index contributed by atoms with van der Waals surface area (Å²) in [6.45, 7) is 1.83. The normalized spacial score (nSPS) is 27.8. The van der Waals surface area contributed by atoms with E-state index in [1.807, 2.05) is 6.07 Å². The predicted octanol–water partition coefficient (Wildman–Crippen LogP) is 2.71. The van der Waals surface area contributed by atoms with Gasteiger partial charge in [0.2, 0.25) is 0 Å². The van der Waals surface area contributed by atoms with E-state index in [1.165, 1.54) is 18.4 Å². The third-order valence-corrected chi connectivity index (χ3v) is 4.41. The first-order valence-electron chi connectivity index (χ1n) is 7.33. The molecule has 2 aliphatic rings. The van der Waals surface area contributed by atoms with Crippen LogP contribution in [0.5, 0.6) is 5.75 Å². The van der Waals surface area contributed by atoms with Crippen LogP contribution in [0.4, 0.5) is 0 Å². The molecule has 0 aromatic heterocycles. The Hall–Kier alpha value is -1.06. The molecule has 1 heterocycles. The number of methoxy groups -OCH3 is 1. The van der Waals surface area contributed by atoms with Crippen LogP contribution in [-0.2, 0) is 4.74 Å². The summed E-state index contributed by atoms with van der Waals surface area (Å²) in [5.74, 6) is 1.70. The maximum absolute atomic E-state index is 5.45. The van der Waals surface area contributed by atoms with E-state index in [9.17, 15) is 0 Å². The van der Waals surface area contributed by atoms with E-state index in [2.05, 4.69) is 23.5 Å². The van der Waals surface area contributed by atoms with E-state index < -0.39 is 0 Å². The van der Waals surface area contributed by atoms with Crippen molar-refractivity contribution in [2.24, 2.45) is 0 Å². The zero-order valence-electron chi connectivity index (χ0n) is 11.6. The summed E-state index contributed by atoms with van der Waals surface area (Å²) >= 11 is 0. The maximum atomic E-state index is 5.45. The number of rotatable bonds is 4. The molecule has 3 rings (SSSR count). The molecule has 3 heteroatoms. The number of para-hydroxylation sites is 1. The lowest BCUT2D eigenvalue weighted by Crippen LogP contribution is -2.47. The molecular weight excluding hydrogens is 238 g/mol. The highest BCUT2D eigenvalue weighted by molar-refractivity contribution is 5.37. The van der Waals surface area contributed by atoms with Crippen molar-refractivity contribution in [2.75, 3.05) is 20.3 Å². The van der Waals surface area contributed by atoms with Gasteiger partial charge in [0.05, 0.1) is 7.11 Å². The SMILES string of the molecule is COc1ccccc1C1CC(NC2CCOCC2)C1. The average molecular weight is 261 g/mol. The summed E-state index contributed by atoms with van der Waals surface area (Å²) < 4.78 is 10.8. The summed E-state index contributed by atoms with van der Waals surface area (Å²) in [6, 6.07) is 9.76. The number of hydrogen-bond acceptors (Lipinski definition) is 3. The van der Waals surface area contributed by atoms with Crippen molar-refractivity contribution in [3.63, 3.8) is 0 Å². The molecule has 0 atom stereocenters. The van der Waals surface area contributed by atoms with Crippen LogP contribution in [-0.4, -0.2) is 32.4 Å². The van der Waals surface area contributed by atoms with Crippen molar-refractivity contribution < 1.29 is 9.47 Å². The van der Waals surface area contributed by atoms with Crippen molar-refractivity contribution >= 4 is 0 Å². The first-order chi connectivity index (χ1) is 9.36. The Bertz CT molecular complexity index is 409. The van der Waals surface area contributed by atoms with Crippen LogP contribution in [0.25, 0.3) is 0 Å². The maximum Gasteiger partial charge on any atom is 0.122 e. The molecule has 0 amide bonds. The summed E-state index contributed by atoms with van der Waals surface area (Å²) in [4.78, 5) is 0. The van der Waals surface area contributed by atoms with E-state index in [0.29, 0.717) is 18.0 Å². The Balaban J connectivity index is 1.51. The highest BCUT2D eigenvalue weighted by Gasteiger charge is 2.33. The molecule has 1 aliphatic heterocycles. The summed E-state index contributed by atoms with van der Waals surface area (Å²) in [5, 5.41) is 3.77. The molecule has 0 radical (unpaired) electrons. The second kappa shape index (κ2) is 5.93. The highest BCUT2D eigenvalue weighted by atomic mass is 16.5. The molecule has 19 heavy (non-hydrogen) atoms. The molecule has 104 valence electrons. The van der Waals surface area contributed by atoms with Gasteiger partial charge in [-0.25, -0.2) is 0 Å². The van der Waals surface area contributed by atoms with Crippen molar-refractivity contribution in [2.45, 2.75) is 43.7 Å². The van der Waals surface area contributed by atoms with Gasteiger partial charge in [-0.1, -0.05) is 18.2 Å². The van der Waals surface area contributed by atoms with Gasteiger partial charge in [-0.15, -0.1) is 0 Å². The fraction of sp³-hybridized carbons (Fsp3) is 0.625. The van der Waals surface area contributed by atoms with Crippen LogP contribution in [0.15, 0.2) is 24.3 Å². The van der Waals surface area contributed by atoms with Gasteiger partial charge in [-0.2, -0.15) is 0 Å². The van der Waals surface area contributed by atoms with Crippen molar-refractivity contribution in [3.8, 4) is 5.75 Å². The van der Waals surface area contributed by atoms with Crippen molar-refractivity contribution in [1.82, 2.24) is 5.32 Å². The fourth-order valence-corrected chi connectivity index (χ4v) is 3.21. The topological polar surface area (TPSA) is 30.5 Å². The second-order valence-corrected chi connectivity index (χ2v) is 5.66. The van der Waals surface area contributed by atoms with Gasteiger partial charge in [0.25, 0.3) is 0 Å². The monoisotopic (exact) mass is 261 g/mol. The smallest absolute Gasteiger partial charge is 0.122 e. The third kappa shape index (κ3) is 2.93. The van der Waals surface area contributed by atoms with E-state index in [1.54, 1.807) is 7.11 Å². The Morgan fingerprint density at radius 2 is 1.84 bits per heavy atom. The second-order valence-electron chi connectivity index (χ2n) is 5.66. The van der Waals surface area contributed by atoms with E-state index in [4.69, 9.17) is 9.47 Å². The number of benzene rings is 1. The molecule has 3 nitrogen and oxygen atoms in total. The van der Waals surface area contributed by atoms with Gasteiger partial charge in [0.1, 0.15) is 5.75 Å². The van der Waals surface area contributed by atoms with Gasteiger partial charge in [-0.3, -0.25) is 0 Å². The van der Waals surface area contributed by atoms with Crippen molar-refractivity contribution in [1.29, 1.82) is 0 Å². The number of ether oxygens (including phenoxy) is 2. The van der Waals surface area contributed by atoms with E-state index in [0.717, 1.165) is 31.8 Å². The van der Waals surface area contributed by atoms with E-state index >= 15 is 0 Å². The minimum absolute atomic E-state index is 0.661. The van der Waals surface area contributed by atoms with Gasteiger partial charge >= 0.3 is 0 Å². The predicted molar refractivity (Wildman–Crippen MR) is 75.7 cm³/mol. The van der Waals surface area contributed by atoms with Gasteiger partial charge < -0.3 is 14.8 Å². The largest absolute Gasteiger partial charge is 0.496 e. The standard InChI is InChI=1S/C16H23NO2/c1-18-16-5-3-2-4-15(16)12-10-14(11-12)17-13-6-8-19-9-7-13/h2-5,12-14,17H,6-11H2,1H3. The molecule has 1 aromatic rings. The molecule has 1 aliphatic carbocycles. The number of nitrogens with one attached hydrogen (secondary N) is 1. The van der Waals surface area contributed by atoms with Crippen LogP contribution in [0.2, 0.25) is 0 Å². The quantitative estimate of drug-likeness (QED) is 0.904. The van der Waals surface area contributed by atoms with Gasteiger partial charge in [0.15, 0.2) is 0 Å². The van der Waals surface area contributed by atoms with Crippen LogP contribution in [0.1, 0.15) is 37.2 Å². The Kier molecular flexibility index (Phi) is 4.04. The van der Waals surface area contributed by atoms with Crippen LogP contribution in [0.3, 0.4) is 0 Å². The molecular formula is C16H23NO2. The average Bonchev–Trinajstić information content (AvgIpc) is 2.43. The third-order valence-electron chi connectivity index (χ3n) is 4.41. The van der Waals surface area contributed by atoms with Crippen LogP contribution in [0, 0.1) is 0 Å². The fourth-order valence-electron chi connectivity index (χ4n) is 3.21. The Morgan fingerprint density at radius 3 is 2.58 bits per heavy atom. The molecule has 2 fully saturated rings. The summed E-state index contributed by atoms with van der Waals surface area (Å²) in [5.41, 5.74) is 1.37. The van der Waals surface area contributed by atoms with Crippen LogP contribution < -0.4 is 10.1 Å². The molecule has 0 spiro atoms. The molecule has 1 aromatic carbocycles. The zero-order valence-corrected chi connectivity index (χ0v) is 11.6. The van der Waals surface area contributed by atoms with Crippen molar-refractivity contribution in [3.05, 3.63) is 29.8 Å². The highest BCUT2D eigenvalue weighted by Crippen LogP contribution is 2.41. The minimum atomic E-state index is 0.661. The lowest BCUT2D eigenvalue weighted by atomic mass is 9.75. The van der Waals surface area contributed by atoms with E-state index in [-0.39, 0.29) is 0 Å². The number of hydrogen-bond donors (Lipinski definition) is 1. The zero-order chi connectivity index (χ0) is 13.1. The summed E-state index contributed by atoms with van der Waals surface area (Å²) in [7, 11) is 1.76. The summed E-state index contributed by atoms with van der Waals surface area (Å²) in [6.07, 6.45) is 4.79. The Labute approximate surface area is 115 Å². The van der Waals surface area contributed by atoms with Gasteiger partial charge in [0, 0.05) is 25.3 Å². The molecule has 0 bridgehead atoms. The van der Waals surface area contributed by atoms with Crippen LogP contribution >= 0.6 is 0 Å². The molecule has 1 saturated carbocycles. The molecule has 0 unspecified atom stereocenters.